The molecule has 1 fully saturated rings. The van der Waals surface area contributed by atoms with Gasteiger partial charge >= 0.3 is 6.09 Å². The van der Waals surface area contributed by atoms with Crippen LogP contribution in [0.2, 0.25) is 0 Å². The van der Waals surface area contributed by atoms with Crippen molar-refractivity contribution in [3.05, 3.63) is 11.5 Å². The van der Waals surface area contributed by atoms with E-state index in [0.29, 0.717) is 18.9 Å². The van der Waals surface area contributed by atoms with E-state index in [1.807, 2.05) is 27.0 Å². The van der Waals surface area contributed by atoms with Gasteiger partial charge in [0.2, 0.25) is 10.0 Å². The molecule has 1 atom stereocenters. The summed E-state index contributed by atoms with van der Waals surface area (Å²) in [7, 11) is -3.47. The zero-order valence-corrected chi connectivity index (χ0v) is 19.3. The Hall–Kier alpha value is -1.06. The molecule has 9 heteroatoms. The van der Waals surface area contributed by atoms with Gasteiger partial charge in [0.1, 0.15) is 0 Å². The topological polar surface area (TPSA) is 96.9 Å². The molecule has 0 aromatic rings. The Morgan fingerprint density at radius 2 is 1.86 bits per heavy atom. The number of aliphatic imine (C=N–C) groups is 1. The highest BCUT2D eigenvalue weighted by atomic mass is 32.2. The van der Waals surface area contributed by atoms with E-state index in [1.165, 1.54) is 0 Å². The third-order valence-electron chi connectivity index (χ3n) is 4.54. The van der Waals surface area contributed by atoms with Crippen molar-refractivity contribution in [2.45, 2.75) is 78.0 Å². The number of thioether (sulfide) groups is 1. The minimum Gasteiger partial charge on any atom is -0.447 e. The molecule has 2 N–H and O–H groups in total. The number of amides is 1. The Bertz CT molecular complexity index is 654. The summed E-state index contributed by atoms with van der Waals surface area (Å²) in [5.41, 5.74) is 0. The largest absolute Gasteiger partial charge is 0.447 e. The Balaban J connectivity index is 2.59. The number of ether oxygens (including phenoxy) is 1. The summed E-state index contributed by atoms with van der Waals surface area (Å²) < 4.78 is 31.6. The van der Waals surface area contributed by atoms with E-state index >= 15 is 0 Å². The summed E-state index contributed by atoms with van der Waals surface area (Å²) in [6, 6.07) is -0.0201. The zero-order valence-electron chi connectivity index (χ0n) is 17.7. The van der Waals surface area contributed by atoms with Crippen LogP contribution in [0.25, 0.3) is 0 Å². The summed E-state index contributed by atoms with van der Waals surface area (Å²) in [6.45, 7) is 11.4. The molecule has 28 heavy (non-hydrogen) atoms. The maximum Gasteiger partial charge on any atom is 0.407 e. The van der Waals surface area contributed by atoms with Gasteiger partial charge in [-0.25, -0.2) is 17.9 Å². The van der Waals surface area contributed by atoms with Crippen LogP contribution in [0.5, 0.6) is 0 Å². The van der Waals surface area contributed by atoms with E-state index in [2.05, 4.69) is 16.6 Å². The monoisotopic (exact) mass is 433 g/mol. The van der Waals surface area contributed by atoms with Gasteiger partial charge in [-0.1, -0.05) is 13.5 Å². The van der Waals surface area contributed by atoms with Crippen molar-refractivity contribution in [3.8, 4) is 0 Å². The molecular formula is C19H35N3O4S2. The van der Waals surface area contributed by atoms with Crippen LogP contribution in [0.15, 0.2) is 16.5 Å². The van der Waals surface area contributed by atoms with Crippen molar-refractivity contribution in [2.75, 3.05) is 12.8 Å². The van der Waals surface area contributed by atoms with Gasteiger partial charge < -0.3 is 10.1 Å². The van der Waals surface area contributed by atoms with Crippen molar-refractivity contribution in [3.63, 3.8) is 0 Å². The Morgan fingerprint density at radius 3 is 2.36 bits per heavy atom. The lowest BCUT2D eigenvalue weighted by Crippen LogP contribution is -2.39. The van der Waals surface area contributed by atoms with Gasteiger partial charge in [-0.05, 0) is 52.7 Å². The first-order chi connectivity index (χ1) is 13.1. The Labute approximate surface area is 174 Å². The average molecular weight is 434 g/mol. The Kier molecular flexibility index (Phi) is 10.5. The van der Waals surface area contributed by atoms with Gasteiger partial charge in [0.05, 0.1) is 22.1 Å². The quantitative estimate of drug-likeness (QED) is 0.427. The molecule has 0 aliphatic heterocycles. The molecular weight excluding hydrogens is 398 g/mol. The molecule has 0 saturated heterocycles. The highest BCUT2D eigenvalue weighted by Crippen LogP contribution is 2.29. The van der Waals surface area contributed by atoms with Gasteiger partial charge in [-0.3, -0.25) is 4.99 Å². The lowest BCUT2D eigenvalue weighted by Gasteiger charge is -2.29. The van der Waals surface area contributed by atoms with Crippen LogP contribution in [0, 0.1) is 5.92 Å². The molecule has 1 amide bonds. The molecule has 0 spiro atoms. The molecule has 1 aliphatic rings. The summed E-state index contributed by atoms with van der Waals surface area (Å²) in [5, 5.41) is 3.98. The van der Waals surface area contributed by atoms with Crippen molar-refractivity contribution in [1.29, 1.82) is 0 Å². The molecule has 0 heterocycles. The maximum absolute atomic E-state index is 12.0. The number of carbonyl (C=O) groups is 1. The first-order valence-corrected chi connectivity index (χ1v) is 12.6. The standard InChI is InChI=1S/C19H35N3O4S2/c1-7-20-28(24,25)15(5)12-14(4)21-18(27-6)16-8-10-17(11-9-16)22-19(23)26-13(2)3/h13-14,16-17,20H,5,7-12H2,1-4,6H3,(H,22,23)/b21-18-. The van der Waals surface area contributed by atoms with Crippen LogP contribution in [0.4, 0.5) is 4.79 Å². The van der Waals surface area contributed by atoms with Crippen molar-refractivity contribution < 1.29 is 17.9 Å². The van der Waals surface area contributed by atoms with Gasteiger partial charge in [-0.2, -0.15) is 0 Å². The molecule has 162 valence electrons. The van der Waals surface area contributed by atoms with E-state index in [-0.39, 0.29) is 29.2 Å². The number of carbonyl (C=O) groups excluding carboxylic acids is 1. The first-order valence-electron chi connectivity index (χ1n) is 9.85. The molecule has 1 rings (SSSR count). The van der Waals surface area contributed by atoms with E-state index < -0.39 is 10.0 Å². The van der Waals surface area contributed by atoms with Crippen LogP contribution in [-0.4, -0.2) is 50.5 Å². The number of nitrogens with one attached hydrogen (secondary N) is 2. The second-order valence-electron chi connectivity index (χ2n) is 7.41. The number of nitrogens with zero attached hydrogens (tertiary/aromatic N) is 1. The number of alkyl carbamates (subject to hydrolysis) is 1. The Morgan fingerprint density at radius 1 is 1.25 bits per heavy atom. The van der Waals surface area contributed by atoms with E-state index in [4.69, 9.17) is 9.73 Å². The van der Waals surface area contributed by atoms with Crippen LogP contribution in [0.3, 0.4) is 0 Å². The lowest BCUT2D eigenvalue weighted by molar-refractivity contribution is 0.109. The smallest absolute Gasteiger partial charge is 0.407 e. The number of sulfonamides is 1. The highest BCUT2D eigenvalue weighted by Gasteiger charge is 2.26. The predicted octanol–water partition coefficient (Wildman–Crippen LogP) is 3.67. The SMILES string of the molecule is C=C(CC(C)/N=C(\SC)C1CCC(NC(=O)OC(C)C)CC1)S(=O)(=O)NCC. The normalized spacial score (nSPS) is 22.0. The van der Waals surface area contributed by atoms with Crippen LogP contribution in [-0.2, 0) is 14.8 Å². The van der Waals surface area contributed by atoms with E-state index in [0.717, 1.165) is 30.7 Å². The van der Waals surface area contributed by atoms with Crippen molar-refractivity contribution in [1.82, 2.24) is 10.0 Å². The third-order valence-corrected chi connectivity index (χ3v) is 6.99. The van der Waals surface area contributed by atoms with Crippen LogP contribution < -0.4 is 10.0 Å². The van der Waals surface area contributed by atoms with E-state index in [1.54, 1.807) is 18.7 Å². The molecule has 0 bridgehead atoms. The highest BCUT2D eigenvalue weighted by molar-refractivity contribution is 8.13. The fraction of sp³-hybridized carbons (Fsp3) is 0.789. The minimum absolute atomic E-state index is 0.126. The third kappa shape index (κ3) is 8.53. The molecule has 1 saturated carbocycles. The minimum atomic E-state index is -3.47. The van der Waals surface area contributed by atoms with Gasteiger partial charge in [-0.15, -0.1) is 11.8 Å². The van der Waals surface area contributed by atoms with Gasteiger partial charge in [0.25, 0.3) is 0 Å². The number of hydrogen-bond donors (Lipinski definition) is 2. The molecule has 0 aromatic carbocycles. The summed E-state index contributed by atoms with van der Waals surface area (Å²) in [6.07, 6.45) is 5.47. The van der Waals surface area contributed by atoms with Gasteiger partial charge in [0.15, 0.2) is 0 Å². The summed E-state index contributed by atoms with van der Waals surface area (Å²) in [5.74, 6) is 0.343. The summed E-state index contributed by atoms with van der Waals surface area (Å²) >= 11 is 1.62. The second kappa shape index (κ2) is 11.8. The molecule has 1 unspecified atom stereocenters. The average Bonchev–Trinajstić information content (AvgIpc) is 2.59. The molecule has 1 aliphatic carbocycles. The van der Waals surface area contributed by atoms with Crippen LogP contribution >= 0.6 is 11.8 Å². The number of hydrogen-bond acceptors (Lipinski definition) is 6. The maximum atomic E-state index is 12.0. The molecule has 0 aromatic heterocycles. The van der Waals surface area contributed by atoms with E-state index in [9.17, 15) is 13.2 Å². The molecule has 7 nitrogen and oxygen atoms in total. The fourth-order valence-electron chi connectivity index (χ4n) is 3.22. The van der Waals surface area contributed by atoms with Crippen LogP contribution in [0.1, 0.15) is 59.8 Å². The molecule has 0 radical (unpaired) electrons. The fourth-order valence-corrected chi connectivity index (χ4v) is 5.12. The van der Waals surface area contributed by atoms with Gasteiger partial charge in [0, 0.05) is 24.9 Å². The second-order valence-corrected chi connectivity index (χ2v) is 10.1. The zero-order chi connectivity index (χ0) is 21.3. The van der Waals surface area contributed by atoms with Crippen molar-refractivity contribution >= 4 is 32.9 Å². The van der Waals surface area contributed by atoms with Crippen molar-refractivity contribution in [2.24, 2.45) is 10.9 Å². The lowest BCUT2D eigenvalue weighted by atomic mass is 9.86. The summed E-state index contributed by atoms with van der Waals surface area (Å²) in [4.78, 5) is 16.7. The number of rotatable bonds is 9. The predicted molar refractivity (Wildman–Crippen MR) is 117 cm³/mol. The first kappa shape index (κ1) is 25.0.